The maximum Gasteiger partial charge on any atom is 0.264 e. The molecule has 5 nitrogen and oxygen atoms in total. The summed E-state index contributed by atoms with van der Waals surface area (Å²) in [6, 6.07) is 14.4. The lowest BCUT2D eigenvalue weighted by Crippen LogP contribution is -2.31. The minimum absolute atomic E-state index is 0.0724. The van der Waals surface area contributed by atoms with Gasteiger partial charge >= 0.3 is 0 Å². The molecule has 0 saturated heterocycles. The number of benzene rings is 2. The van der Waals surface area contributed by atoms with Gasteiger partial charge in [0.2, 0.25) is 0 Å². The summed E-state index contributed by atoms with van der Waals surface area (Å²) in [6.45, 7) is 4.93. The SMILES string of the molecule is CCCN(c1ccc2sc(C(=O)NCCC3=CCCCC3)cc2c1)S(=O)(=O)c1ccc(C)cc1. The van der Waals surface area contributed by atoms with E-state index in [1.807, 2.05) is 50.2 Å². The normalized spacial score (nSPS) is 14.1. The molecule has 1 aliphatic rings. The first-order valence-electron chi connectivity index (χ1n) is 12.0. The summed E-state index contributed by atoms with van der Waals surface area (Å²) in [5, 5.41) is 3.92. The van der Waals surface area contributed by atoms with E-state index < -0.39 is 10.0 Å². The number of nitrogens with zero attached hydrogens (tertiary/aromatic N) is 1. The molecule has 0 bridgehead atoms. The number of carbonyl (C=O) groups excluding carboxylic acids is 1. The Labute approximate surface area is 206 Å². The van der Waals surface area contributed by atoms with E-state index in [1.165, 1.54) is 34.1 Å². The van der Waals surface area contributed by atoms with Gasteiger partial charge in [0.15, 0.2) is 0 Å². The second kappa shape index (κ2) is 10.7. The highest BCUT2D eigenvalue weighted by atomic mass is 32.2. The zero-order chi connectivity index (χ0) is 24.1. The number of nitrogens with one attached hydrogen (secondary N) is 1. The van der Waals surface area contributed by atoms with Crippen molar-refractivity contribution in [2.75, 3.05) is 17.4 Å². The van der Waals surface area contributed by atoms with Crippen LogP contribution >= 0.6 is 11.3 Å². The van der Waals surface area contributed by atoms with Crippen LogP contribution in [0.3, 0.4) is 0 Å². The monoisotopic (exact) mass is 496 g/mol. The van der Waals surface area contributed by atoms with Gasteiger partial charge in [-0.2, -0.15) is 0 Å². The van der Waals surface area contributed by atoms with Gasteiger partial charge in [0.05, 0.1) is 15.5 Å². The predicted octanol–water partition coefficient (Wildman–Crippen LogP) is 6.44. The van der Waals surface area contributed by atoms with Crippen molar-refractivity contribution < 1.29 is 13.2 Å². The van der Waals surface area contributed by atoms with Crippen molar-refractivity contribution in [3.05, 3.63) is 70.6 Å². The Hall–Kier alpha value is -2.64. The highest BCUT2D eigenvalue weighted by Crippen LogP contribution is 2.32. The lowest BCUT2D eigenvalue weighted by Gasteiger charge is -2.24. The van der Waals surface area contributed by atoms with Crippen molar-refractivity contribution in [3.8, 4) is 0 Å². The second-order valence-electron chi connectivity index (χ2n) is 8.84. The van der Waals surface area contributed by atoms with E-state index in [0.29, 0.717) is 30.1 Å². The molecule has 0 unspecified atom stereocenters. The summed E-state index contributed by atoms with van der Waals surface area (Å²) in [5.74, 6) is -0.0724. The van der Waals surface area contributed by atoms with Crippen LogP contribution in [0.2, 0.25) is 0 Å². The largest absolute Gasteiger partial charge is 0.351 e. The molecule has 180 valence electrons. The van der Waals surface area contributed by atoms with Crippen LogP contribution in [-0.4, -0.2) is 27.4 Å². The van der Waals surface area contributed by atoms with Crippen molar-refractivity contribution in [2.45, 2.75) is 57.3 Å². The highest BCUT2D eigenvalue weighted by molar-refractivity contribution is 7.92. The molecule has 0 saturated carbocycles. The van der Waals surface area contributed by atoms with Crippen LogP contribution in [0.25, 0.3) is 10.1 Å². The minimum Gasteiger partial charge on any atom is -0.351 e. The second-order valence-corrected chi connectivity index (χ2v) is 11.8. The van der Waals surface area contributed by atoms with E-state index >= 15 is 0 Å². The fourth-order valence-electron chi connectivity index (χ4n) is 4.28. The Morgan fingerprint density at radius 3 is 2.59 bits per heavy atom. The molecule has 0 spiro atoms. The van der Waals surface area contributed by atoms with Crippen molar-refractivity contribution in [1.82, 2.24) is 5.32 Å². The Kier molecular flexibility index (Phi) is 7.73. The van der Waals surface area contributed by atoms with Gasteiger partial charge in [0.25, 0.3) is 15.9 Å². The molecule has 0 aliphatic heterocycles. The zero-order valence-corrected chi connectivity index (χ0v) is 21.5. The third-order valence-electron chi connectivity index (χ3n) is 6.16. The first-order valence-corrected chi connectivity index (χ1v) is 14.2. The maximum atomic E-state index is 13.4. The van der Waals surface area contributed by atoms with Crippen LogP contribution in [0, 0.1) is 6.92 Å². The zero-order valence-electron chi connectivity index (χ0n) is 19.8. The van der Waals surface area contributed by atoms with E-state index in [9.17, 15) is 13.2 Å². The maximum absolute atomic E-state index is 13.4. The quantitative estimate of drug-likeness (QED) is 0.347. The Morgan fingerprint density at radius 1 is 1.09 bits per heavy atom. The molecule has 1 aromatic heterocycles. The third-order valence-corrected chi connectivity index (χ3v) is 9.12. The number of rotatable bonds is 9. The molecule has 0 fully saturated rings. The average molecular weight is 497 g/mol. The number of sulfonamides is 1. The van der Waals surface area contributed by atoms with Crippen molar-refractivity contribution in [2.24, 2.45) is 0 Å². The summed E-state index contributed by atoms with van der Waals surface area (Å²) in [5.41, 5.74) is 3.07. The molecule has 2 aromatic carbocycles. The first kappa shape index (κ1) is 24.5. The third kappa shape index (κ3) is 5.53. The summed E-state index contributed by atoms with van der Waals surface area (Å²) in [7, 11) is -3.68. The van der Waals surface area contributed by atoms with Gasteiger partial charge in [-0.05, 0) is 87.2 Å². The number of hydrogen-bond donors (Lipinski definition) is 1. The minimum atomic E-state index is -3.68. The number of fused-ring (bicyclic) bond motifs is 1. The highest BCUT2D eigenvalue weighted by Gasteiger charge is 2.25. The molecule has 1 heterocycles. The summed E-state index contributed by atoms with van der Waals surface area (Å²) >= 11 is 1.44. The van der Waals surface area contributed by atoms with Gasteiger partial charge in [0, 0.05) is 17.8 Å². The van der Waals surface area contributed by atoms with Crippen LogP contribution < -0.4 is 9.62 Å². The fourth-order valence-corrected chi connectivity index (χ4v) is 6.79. The van der Waals surface area contributed by atoms with Crippen LogP contribution in [0.1, 0.15) is 60.7 Å². The summed E-state index contributed by atoms with van der Waals surface area (Å²) in [6.07, 6.45) is 8.70. The molecule has 1 N–H and O–H groups in total. The Morgan fingerprint density at radius 2 is 1.88 bits per heavy atom. The number of anilines is 1. The molecular formula is C27H32N2O3S2. The molecule has 0 radical (unpaired) electrons. The lowest BCUT2D eigenvalue weighted by atomic mass is 9.97. The molecule has 3 aromatic rings. The standard InChI is InChI=1S/C27H32N2O3S2/c1-3-17-29(34(31,32)24-12-9-20(2)10-13-24)23-11-14-25-22(18-23)19-26(33-25)27(30)28-16-15-21-7-5-4-6-8-21/h7,9-14,18-19H,3-6,8,15-17H2,1-2H3,(H,28,30). The summed E-state index contributed by atoms with van der Waals surface area (Å²) < 4.78 is 29.2. The van der Waals surface area contributed by atoms with Crippen LogP contribution in [-0.2, 0) is 10.0 Å². The lowest BCUT2D eigenvalue weighted by molar-refractivity contribution is 0.0958. The van der Waals surface area contributed by atoms with Crippen LogP contribution in [0.15, 0.2) is 65.1 Å². The van der Waals surface area contributed by atoms with Crippen molar-refractivity contribution in [1.29, 1.82) is 0 Å². The number of carbonyl (C=O) groups is 1. The molecular weight excluding hydrogens is 464 g/mol. The van der Waals surface area contributed by atoms with Gasteiger partial charge < -0.3 is 5.32 Å². The first-order chi connectivity index (χ1) is 16.4. The number of aryl methyl sites for hydroxylation is 1. The van der Waals surface area contributed by atoms with Gasteiger partial charge in [-0.3, -0.25) is 9.10 Å². The van der Waals surface area contributed by atoms with Crippen molar-refractivity contribution in [3.63, 3.8) is 0 Å². The fraction of sp³-hybridized carbons (Fsp3) is 0.370. The molecule has 1 aliphatic carbocycles. The van der Waals surface area contributed by atoms with Gasteiger partial charge in [-0.25, -0.2) is 8.42 Å². The topological polar surface area (TPSA) is 66.5 Å². The van der Waals surface area contributed by atoms with E-state index in [0.717, 1.165) is 34.9 Å². The van der Waals surface area contributed by atoms with E-state index in [4.69, 9.17) is 0 Å². The van der Waals surface area contributed by atoms with E-state index in [1.54, 1.807) is 12.1 Å². The van der Waals surface area contributed by atoms with E-state index in [2.05, 4.69) is 11.4 Å². The molecule has 4 rings (SSSR count). The number of hydrogen-bond acceptors (Lipinski definition) is 4. The predicted molar refractivity (Wildman–Crippen MR) is 141 cm³/mol. The van der Waals surface area contributed by atoms with Gasteiger partial charge in [-0.15, -0.1) is 11.3 Å². The van der Waals surface area contributed by atoms with Gasteiger partial charge in [0.1, 0.15) is 0 Å². The number of allylic oxidation sites excluding steroid dienone is 1. The molecule has 1 amide bonds. The summed E-state index contributed by atoms with van der Waals surface area (Å²) in [4.78, 5) is 13.7. The van der Waals surface area contributed by atoms with E-state index in [-0.39, 0.29) is 10.8 Å². The smallest absolute Gasteiger partial charge is 0.264 e. The number of amides is 1. The van der Waals surface area contributed by atoms with Gasteiger partial charge in [-0.1, -0.05) is 36.3 Å². The molecule has 7 heteroatoms. The van der Waals surface area contributed by atoms with Crippen molar-refractivity contribution >= 4 is 43.0 Å². The van der Waals surface area contributed by atoms with Crippen LogP contribution in [0.5, 0.6) is 0 Å². The molecule has 34 heavy (non-hydrogen) atoms. The average Bonchev–Trinajstić information content (AvgIpc) is 3.27. The Balaban J connectivity index is 1.53. The Bertz CT molecular complexity index is 1290. The number of thiophene rings is 1. The van der Waals surface area contributed by atoms with Crippen LogP contribution in [0.4, 0.5) is 5.69 Å². The molecule has 0 atom stereocenters.